The summed E-state index contributed by atoms with van der Waals surface area (Å²) in [6.07, 6.45) is 3.47. The lowest BCUT2D eigenvalue weighted by atomic mass is 10.2. The Hall–Kier alpha value is -2.39. The van der Waals surface area contributed by atoms with Crippen LogP contribution in [0.1, 0.15) is 5.56 Å². The molecule has 0 amide bonds. The molecule has 1 aromatic rings. The first kappa shape index (κ1) is 13.7. The van der Waals surface area contributed by atoms with Crippen LogP contribution in [0.5, 0.6) is 5.75 Å². The molecule has 0 saturated carbocycles. The van der Waals surface area contributed by atoms with Gasteiger partial charge < -0.3 is 9.47 Å². The Kier molecular flexibility index (Phi) is 5.35. The van der Waals surface area contributed by atoms with E-state index in [2.05, 4.69) is 0 Å². The number of hydrogen-bond donors (Lipinski definition) is 0. The third-order valence-electron chi connectivity index (χ3n) is 2.08. The Morgan fingerprint density at radius 1 is 1.44 bits per heavy atom. The normalized spacial score (nSPS) is 10.2. The summed E-state index contributed by atoms with van der Waals surface area (Å²) < 4.78 is 10.1. The molecule has 0 atom stereocenters. The molecule has 0 radical (unpaired) electrons. The maximum Gasteiger partial charge on any atom is 0.290 e. The molecule has 0 aliphatic rings. The molecule has 0 aliphatic carbocycles. The molecule has 0 fully saturated rings. The van der Waals surface area contributed by atoms with E-state index in [0.717, 1.165) is 0 Å². The highest BCUT2D eigenvalue weighted by molar-refractivity contribution is 5.56. The van der Waals surface area contributed by atoms with Gasteiger partial charge >= 0.3 is 0 Å². The van der Waals surface area contributed by atoms with Gasteiger partial charge in [-0.15, -0.1) is 0 Å². The fourth-order valence-electron chi connectivity index (χ4n) is 1.27. The van der Waals surface area contributed by atoms with Gasteiger partial charge in [0.05, 0.1) is 11.5 Å². The van der Waals surface area contributed by atoms with Gasteiger partial charge in [-0.25, -0.2) is 0 Å². The number of hydrogen-bond acceptors (Lipinski definition) is 5. The fraction of sp³-hybridized carbons (Fsp3) is 0.250. The van der Waals surface area contributed by atoms with Crippen LogP contribution in [-0.2, 0) is 4.74 Å². The lowest BCUT2D eigenvalue weighted by Gasteiger charge is -2.05. The maximum absolute atomic E-state index is 10.7. The van der Waals surface area contributed by atoms with Crippen molar-refractivity contribution in [1.82, 2.24) is 0 Å². The van der Waals surface area contributed by atoms with Crippen LogP contribution in [0.2, 0.25) is 0 Å². The second-order valence-corrected chi connectivity index (χ2v) is 3.26. The van der Waals surface area contributed by atoms with Gasteiger partial charge in [0.2, 0.25) is 0 Å². The summed E-state index contributed by atoms with van der Waals surface area (Å²) in [4.78, 5) is 10.1. The van der Waals surface area contributed by atoms with E-state index in [1.165, 1.54) is 18.2 Å². The number of nitro groups is 1. The minimum atomic E-state index is -0.605. The molecule has 0 aliphatic heterocycles. The van der Waals surface area contributed by atoms with Gasteiger partial charge in [-0.05, 0) is 12.1 Å². The fourth-order valence-corrected chi connectivity index (χ4v) is 1.27. The number of ether oxygens (including phenoxy) is 2. The van der Waals surface area contributed by atoms with Crippen molar-refractivity contribution in [3.05, 3.63) is 46.0 Å². The molecule has 1 rings (SSSR count). The highest BCUT2D eigenvalue weighted by Gasteiger charge is 2.17. The molecular formula is C12H12N2O4. The van der Waals surface area contributed by atoms with Crippen LogP contribution >= 0.6 is 0 Å². The monoisotopic (exact) mass is 248 g/mol. The molecule has 0 aromatic heterocycles. The van der Waals surface area contributed by atoms with Crippen LogP contribution in [-0.4, -0.2) is 25.2 Å². The average molecular weight is 248 g/mol. The Morgan fingerprint density at radius 3 is 2.78 bits per heavy atom. The zero-order valence-corrected chi connectivity index (χ0v) is 9.83. The number of nitrogens with zero attached hydrogens (tertiary/aromatic N) is 2. The summed E-state index contributed by atoms with van der Waals surface area (Å²) >= 11 is 0. The second-order valence-electron chi connectivity index (χ2n) is 3.26. The lowest BCUT2D eigenvalue weighted by molar-refractivity contribution is -0.385. The van der Waals surface area contributed by atoms with Crippen LogP contribution < -0.4 is 4.74 Å². The lowest BCUT2D eigenvalue weighted by Crippen LogP contribution is -1.99. The maximum atomic E-state index is 10.7. The van der Waals surface area contributed by atoms with Gasteiger partial charge in [-0.3, -0.25) is 10.1 Å². The van der Waals surface area contributed by atoms with E-state index in [4.69, 9.17) is 14.7 Å². The average Bonchev–Trinajstić information content (AvgIpc) is 2.38. The van der Waals surface area contributed by atoms with Crippen molar-refractivity contribution in [2.75, 3.05) is 20.3 Å². The van der Waals surface area contributed by atoms with Crippen LogP contribution in [0.15, 0.2) is 30.4 Å². The minimum Gasteiger partial charge on any atom is -0.488 e. The number of nitro benzene ring substituents is 1. The first-order valence-electron chi connectivity index (χ1n) is 5.15. The standard InChI is InChI=1S/C12H12N2O4/c1-17-7-2-3-8-18-12-6-4-5-11(14(15)16)10(12)9-13/h2-6H,7-8H2,1H3. The molecule has 94 valence electrons. The third kappa shape index (κ3) is 3.57. The van der Waals surface area contributed by atoms with E-state index < -0.39 is 4.92 Å². The van der Waals surface area contributed by atoms with E-state index in [-0.39, 0.29) is 23.6 Å². The molecule has 18 heavy (non-hydrogen) atoms. The summed E-state index contributed by atoms with van der Waals surface area (Å²) in [5.74, 6) is 0.203. The molecule has 6 heteroatoms. The van der Waals surface area contributed by atoms with Crippen LogP contribution in [0.25, 0.3) is 0 Å². The molecule has 0 unspecified atom stereocenters. The van der Waals surface area contributed by atoms with Gasteiger partial charge in [0.25, 0.3) is 5.69 Å². The van der Waals surface area contributed by atoms with Gasteiger partial charge in [0.15, 0.2) is 5.56 Å². The van der Waals surface area contributed by atoms with E-state index in [0.29, 0.717) is 6.61 Å². The highest BCUT2D eigenvalue weighted by Crippen LogP contribution is 2.27. The Morgan fingerprint density at radius 2 is 2.17 bits per heavy atom. The van der Waals surface area contributed by atoms with Gasteiger partial charge in [0, 0.05) is 13.2 Å². The van der Waals surface area contributed by atoms with E-state index >= 15 is 0 Å². The smallest absolute Gasteiger partial charge is 0.290 e. The van der Waals surface area contributed by atoms with Crippen molar-refractivity contribution in [3.8, 4) is 11.8 Å². The molecular weight excluding hydrogens is 236 g/mol. The number of nitriles is 1. The summed E-state index contributed by atoms with van der Waals surface area (Å²) in [6, 6.07) is 6.06. The third-order valence-corrected chi connectivity index (χ3v) is 2.08. The van der Waals surface area contributed by atoms with Crippen molar-refractivity contribution < 1.29 is 14.4 Å². The Labute approximate surface area is 104 Å². The van der Waals surface area contributed by atoms with E-state index in [1.54, 1.807) is 25.3 Å². The molecule has 1 aromatic carbocycles. The number of methoxy groups -OCH3 is 1. The minimum absolute atomic E-state index is 0.0670. The van der Waals surface area contributed by atoms with Gasteiger partial charge in [-0.1, -0.05) is 12.1 Å². The largest absolute Gasteiger partial charge is 0.488 e. The van der Waals surface area contributed by atoms with Crippen molar-refractivity contribution in [3.63, 3.8) is 0 Å². The molecule has 0 N–H and O–H groups in total. The Balaban J connectivity index is 2.80. The summed E-state index contributed by atoms with van der Waals surface area (Å²) in [5.41, 5.74) is -0.321. The van der Waals surface area contributed by atoms with Gasteiger partial charge in [-0.2, -0.15) is 5.26 Å². The zero-order valence-electron chi connectivity index (χ0n) is 9.83. The predicted octanol–water partition coefficient (Wildman–Crippen LogP) is 2.05. The molecule has 0 bridgehead atoms. The molecule has 6 nitrogen and oxygen atoms in total. The molecule has 0 saturated heterocycles. The van der Waals surface area contributed by atoms with E-state index in [9.17, 15) is 10.1 Å². The Bertz CT molecular complexity index is 491. The van der Waals surface area contributed by atoms with Crippen LogP contribution in [0, 0.1) is 21.4 Å². The summed E-state index contributed by atoms with van der Waals surface area (Å²) in [5, 5.41) is 19.6. The zero-order chi connectivity index (χ0) is 13.4. The number of rotatable bonds is 6. The van der Waals surface area contributed by atoms with Crippen molar-refractivity contribution in [1.29, 1.82) is 5.26 Å². The number of benzene rings is 1. The molecule has 0 spiro atoms. The van der Waals surface area contributed by atoms with Crippen LogP contribution in [0.4, 0.5) is 5.69 Å². The van der Waals surface area contributed by atoms with Crippen molar-refractivity contribution >= 4 is 5.69 Å². The molecule has 0 heterocycles. The highest BCUT2D eigenvalue weighted by atomic mass is 16.6. The summed E-state index contributed by atoms with van der Waals surface area (Å²) in [7, 11) is 1.57. The first-order chi connectivity index (χ1) is 8.70. The second kappa shape index (κ2) is 7.04. The predicted molar refractivity (Wildman–Crippen MR) is 64.3 cm³/mol. The van der Waals surface area contributed by atoms with E-state index in [1.807, 2.05) is 0 Å². The summed E-state index contributed by atoms with van der Waals surface area (Å²) in [6.45, 7) is 0.683. The van der Waals surface area contributed by atoms with Gasteiger partial charge in [0.1, 0.15) is 18.4 Å². The topological polar surface area (TPSA) is 85.4 Å². The SMILES string of the molecule is COCC=CCOc1cccc([N+](=O)[O-])c1C#N. The van der Waals surface area contributed by atoms with Crippen molar-refractivity contribution in [2.24, 2.45) is 0 Å². The van der Waals surface area contributed by atoms with Crippen LogP contribution in [0.3, 0.4) is 0 Å². The van der Waals surface area contributed by atoms with Crippen molar-refractivity contribution in [2.45, 2.75) is 0 Å². The quantitative estimate of drug-likeness (QED) is 0.437. The first-order valence-corrected chi connectivity index (χ1v) is 5.15.